The summed E-state index contributed by atoms with van der Waals surface area (Å²) in [4.78, 5) is 2.42. The number of hydrogen-bond acceptors (Lipinski definition) is 3. The van der Waals surface area contributed by atoms with Gasteiger partial charge in [-0.15, -0.1) is 0 Å². The summed E-state index contributed by atoms with van der Waals surface area (Å²) in [6, 6.07) is 90.4. The van der Waals surface area contributed by atoms with Crippen LogP contribution < -0.4 is 4.90 Å². The van der Waals surface area contributed by atoms with Gasteiger partial charge in [-0.3, -0.25) is 0 Å². The second kappa shape index (κ2) is 14.9. The molecule has 0 bridgehead atoms. The minimum Gasteiger partial charge on any atom is -0.456 e. The molecule has 13 aromatic rings. The van der Waals surface area contributed by atoms with Gasteiger partial charge < -0.3 is 13.7 Å². The fraction of sp³-hybridized carbons (Fsp3) is 0.0149. The molecule has 3 heteroatoms. The first-order valence-corrected chi connectivity index (χ1v) is 24.1. The van der Waals surface area contributed by atoms with Crippen LogP contribution >= 0.6 is 0 Å². The lowest BCUT2D eigenvalue weighted by Crippen LogP contribution is -2.26. The Morgan fingerprint density at radius 1 is 0.286 bits per heavy atom. The van der Waals surface area contributed by atoms with Gasteiger partial charge in [0.25, 0.3) is 0 Å². The van der Waals surface area contributed by atoms with Crippen molar-refractivity contribution in [2.24, 2.45) is 0 Å². The minimum atomic E-state index is -0.477. The Morgan fingerprint density at radius 2 is 0.800 bits per heavy atom. The third-order valence-electron chi connectivity index (χ3n) is 15.1. The van der Waals surface area contributed by atoms with Crippen LogP contribution in [0.25, 0.3) is 99.5 Å². The smallest absolute Gasteiger partial charge is 0.144 e. The van der Waals surface area contributed by atoms with Gasteiger partial charge in [0.15, 0.2) is 0 Å². The van der Waals surface area contributed by atoms with E-state index < -0.39 is 5.41 Å². The topological polar surface area (TPSA) is 29.5 Å². The average Bonchev–Trinajstić information content (AvgIpc) is 4.16. The molecular weight excluding hydrogens is 851 g/mol. The van der Waals surface area contributed by atoms with Crippen molar-refractivity contribution >= 4 is 60.9 Å². The van der Waals surface area contributed by atoms with E-state index in [0.29, 0.717) is 0 Å². The van der Waals surface area contributed by atoms with Crippen molar-refractivity contribution in [3.8, 4) is 55.6 Å². The van der Waals surface area contributed by atoms with E-state index in [4.69, 9.17) is 8.83 Å². The maximum Gasteiger partial charge on any atom is 0.144 e. The second-order valence-electron chi connectivity index (χ2n) is 18.7. The van der Waals surface area contributed by atoms with Crippen molar-refractivity contribution in [3.63, 3.8) is 0 Å². The maximum atomic E-state index is 7.09. The van der Waals surface area contributed by atoms with E-state index in [0.717, 1.165) is 77.6 Å². The standard InChI is InChI=1S/C67H41NO2/c1-3-16-42(17-4-1)44-30-32-47(33-31-44)68(49-34-36-53-52-24-9-13-28-59(52)67(60(53)40-49)57-26-11-7-22-50(57)51-23-8-12-27-58(51)67)48-35-37-62-55(39-48)56-41-63-65(54-25-10-14-29-61(54)69-63)64(66(56)70-62)46-21-15-20-45(38-46)43-18-5-2-6-19-43/h1-41H. The van der Waals surface area contributed by atoms with Crippen LogP contribution in [0.4, 0.5) is 17.1 Å². The van der Waals surface area contributed by atoms with Crippen molar-refractivity contribution in [3.05, 3.63) is 271 Å². The average molecular weight is 892 g/mol. The Morgan fingerprint density at radius 3 is 1.50 bits per heavy atom. The number of benzene rings is 11. The molecule has 0 saturated carbocycles. The molecule has 0 atom stereocenters. The van der Waals surface area contributed by atoms with Gasteiger partial charge in [-0.1, -0.05) is 188 Å². The molecule has 2 aliphatic carbocycles. The Hall–Kier alpha value is -9.18. The molecule has 0 amide bonds. The Labute approximate surface area is 404 Å². The zero-order chi connectivity index (χ0) is 45.9. The highest BCUT2D eigenvalue weighted by molar-refractivity contribution is 6.24. The van der Waals surface area contributed by atoms with Gasteiger partial charge in [0, 0.05) is 44.2 Å². The monoisotopic (exact) mass is 891 g/mol. The molecule has 2 aliphatic rings. The third kappa shape index (κ3) is 5.52. The Balaban J connectivity index is 0.970. The highest BCUT2D eigenvalue weighted by Gasteiger charge is 2.51. The van der Waals surface area contributed by atoms with Crippen molar-refractivity contribution in [1.82, 2.24) is 0 Å². The predicted molar refractivity (Wildman–Crippen MR) is 288 cm³/mol. The number of rotatable bonds is 6. The summed E-state index contributed by atoms with van der Waals surface area (Å²) in [6.07, 6.45) is 0. The number of nitrogens with zero attached hydrogens (tertiary/aromatic N) is 1. The normalized spacial score (nSPS) is 13.0. The second-order valence-corrected chi connectivity index (χ2v) is 18.7. The summed E-state index contributed by atoms with van der Waals surface area (Å²) >= 11 is 0. The van der Waals surface area contributed by atoms with Crippen LogP contribution in [0.2, 0.25) is 0 Å². The lowest BCUT2D eigenvalue weighted by molar-refractivity contribution is 0.664. The van der Waals surface area contributed by atoms with E-state index >= 15 is 0 Å². The highest BCUT2D eigenvalue weighted by atomic mass is 16.3. The highest BCUT2D eigenvalue weighted by Crippen LogP contribution is 2.63. The van der Waals surface area contributed by atoms with Crippen LogP contribution in [-0.2, 0) is 5.41 Å². The summed E-state index contributed by atoms with van der Waals surface area (Å²) in [5.41, 5.74) is 23.2. The number of para-hydroxylation sites is 1. The fourth-order valence-electron chi connectivity index (χ4n) is 12.1. The summed E-state index contributed by atoms with van der Waals surface area (Å²) < 4.78 is 13.8. The molecular formula is C67H41NO2. The largest absolute Gasteiger partial charge is 0.456 e. The van der Waals surface area contributed by atoms with Crippen LogP contribution in [0.15, 0.2) is 258 Å². The number of furan rings is 2. The lowest BCUT2D eigenvalue weighted by atomic mass is 9.70. The number of anilines is 3. The molecule has 0 N–H and O–H groups in total. The SMILES string of the molecule is c1ccc(-c2ccc(N(c3ccc4c(c3)C3(c5ccccc5-c5ccccc53)c3ccccc3-4)c3ccc4oc5c(-c6cccc(-c7ccccc7)c6)c6c(cc5c4c3)oc3ccccc36)cc2)cc1. The summed E-state index contributed by atoms with van der Waals surface area (Å²) in [5.74, 6) is 0. The predicted octanol–water partition coefficient (Wildman–Crippen LogP) is 18.3. The molecule has 0 unspecified atom stereocenters. The van der Waals surface area contributed by atoms with Gasteiger partial charge in [-0.2, -0.15) is 0 Å². The van der Waals surface area contributed by atoms with Crippen molar-refractivity contribution in [1.29, 1.82) is 0 Å². The molecule has 1 spiro atoms. The quantitative estimate of drug-likeness (QED) is 0.167. The van der Waals surface area contributed by atoms with Crippen molar-refractivity contribution in [2.45, 2.75) is 5.41 Å². The third-order valence-corrected chi connectivity index (χ3v) is 15.1. The van der Waals surface area contributed by atoms with E-state index in [1.807, 2.05) is 6.07 Å². The Bertz CT molecular complexity index is 4170. The number of fused-ring (bicyclic) bond motifs is 16. The maximum absolute atomic E-state index is 7.09. The van der Waals surface area contributed by atoms with E-state index in [-0.39, 0.29) is 0 Å². The number of hydrogen-bond donors (Lipinski definition) is 0. The molecule has 2 aromatic heterocycles. The van der Waals surface area contributed by atoms with Crippen molar-refractivity contribution in [2.75, 3.05) is 4.90 Å². The first-order valence-electron chi connectivity index (χ1n) is 24.1. The minimum absolute atomic E-state index is 0.477. The van der Waals surface area contributed by atoms with Gasteiger partial charge in [0.05, 0.1) is 5.41 Å². The van der Waals surface area contributed by atoms with Gasteiger partial charge in [-0.05, 0) is 133 Å². The molecule has 0 fully saturated rings. The first kappa shape index (κ1) is 38.9. The molecule has 11 aromatic carbocycles. The van der Waals surface area contributed by atoms with Gasteiger partial charge >= 0.3 is 0 Å². The van der Waals surface area contributed by atoms with Crippen LogP contribution in [0.3, 0.4) is 0 Å². The molecule has 0 saturated heterocycles. The van der Waals surface area contributed by atoms with E-state index in [9.17, 15) is 0 Å². The zero-order valence-electron chi connectivity index (χ0n) is 37.9. The summed E-state index contributed by atoms with van der Waals surface area (Å²) in [7, 11) is 0. The molecule has 0 aliphatic heterocycles. The summed E-state index contributed by atoms with van der Waals surface area (Å²) in [5, 5.41) is 4.14. The van der Waals surface area contributed by atoms with E-state index in [1.54, 1.807) is 0 Å². The molecule has 2 heterocycles. The van der Waals surface area contributed by atoms with Crippen LogP contribution in [0.1, 0.15) is 22.3 Å². The molecule has 3 nitrogen and oxygen atoms in total. The zero-order valence-corrected chi connectivity index (χ0v) is 37.9. The molecule has 70 heavy (non-hydrogen) atoms. The van der Waals surface area contributed by atoms with Crippen LogP contribution in [0, 0.1) is 0 Å². The Kier molecular flexibility index (Phi) is 8.28. The van der Waals surface area contributed by atoms with Gasteiger partial charge in [0.2, 0.25) is 0 Å². The first-order chi connectivity index (χ1) is 34.7. The van der Waals surface area contributed by atoms with Gasteiger partial charge in [0.1, 0.15) is 22.3 Å². The van der Waals surface area contributed by atoms with Crippen molar-refractivity contribution < 1.29 is 8.83 Å². The molecule has 15 rings (SSSR count). The van der Waals surface area contributed by atoms with Gasteiger partial charge in [-0.25, -0.2) is 0 Å². The lowest BCUT2D eigenvalue weighted by Gasteiger charge is -2.32. The fourth-order valence-corrected chi connectivity index (χ4v) is 12.1. The van der Waals surface area contributed by atoms with E-state index in [2.05, 4.69) is 248 Å². The summed E-state index contributed by atoms with van der Waals surface area (Å²) in [6.45, 7) is 0. The molecule has 326 valence electrons. The van der Waals surface area contributed by atoms with Crippen LogP contribution in [-0.4, -0.2) is 0 Å². The molecule has 0 radical (unpaired) electrons. The van der Waals surface area contributed by atoms with E-state index in [1.165, 1.54) is 61.2 Å². The van der Waals surface area contributed by atoms with Crippen LogP contribution in [0.5, 0.6) is 0 Å².